The second-order valence-corrected chi connectivity index (χ2v) is 13.2. The Labute approximate surface area is 220 Å². The average Bonchev–Trinajstić information content (AvgIpc) is 3.36. The van der Waals surface area contributed by atoms with Gasteiger partial charge in [0.1, 0.15) is 17.1 Å². The third-order valence-corrected chi connectivity index (χ3v) is 9.71. The molecule has 0 bridgehead atoms. The lowest BCUT2D eigenvalue weighted by atomic mass is 10.00. The zero-order chi connectivity index (χ0) is 27.8. The summed E-state index contributed by atoms with van der Waals surface area (Å²) < 4.78 is 49.2. The van der Waals surface area contributed by atoms with E-state index >= 15 is 0 Å². The first-order valence-corrected chi connectivity index (χ1v) is 15.2. The van der Waals surface area contributed by atoms with Gasteiger partial charge in [-0.25, -0.2) is 14.1 Å². The molecule has 3 heterocycles. The van der Waals surface area contributed by atoms with E-state index in [1.807, 2.05) is 0 Å². The Morgan fingerprint density at radius 2 is 2.00 bits per heavy atom. The Morgan fingerprint density at radius 3 is 2.66 bits per heavy atom. The number of nitrogens with one attached hydrogen (secondary N) is 1. The number of ether oxygens (including phenoxy) is 1. The molecule has 1 saturated heterocycles. The summed E-state index contributed by atoms with van der Waals surface area (Å²) >= 11 is 6.24. The molecule has 17 heteroatoms. The topological polar surface area (TPSA) is 196 Å². The van der Waals surface area contributed by atoms with Crippen molar-refractivity contribution in [2.24, 2.45) is 5.92 Å². The number of hydrogen-bond donors (Lipinski definition) is 6. The molecule has 6 atom stereocenters. The van der Waals surface area contributed by atoms with Crippen LogP contribution in [-0.2, 0) is 18.4 Å². The van der Waals surface area contributed by atoms with Gasteiger partial charge in [-0.2, -0.15) is 5.10 Å². The number of aliphatic hydroxyl groups excluding tert-OH is 2. The van der Waals surface area contributed by atoms with Crippen LogP contribution in [0.15, 0.2) is 36.5 Å². The average molecular weight is 595 g/mol. The Kier molecular flexibility index (Phi) is 8.61. The van der Waals surface area contributed by atoms with Crippen LogP contribution in [0, 0.1) is 11.7 Å². The van der Waals surface area contributed by atoms with Crippen molar-refractivity contribution in [3.8, 4) is 0 Å². The predicted molar refractivity (Wildman–Crippen MR) is 134 cm³/mol. The van der Waals surface area contributed by atoms with E-state index in [-0.39, 0.29) is 10.8 Å². The van der Waals surface area contributed by atoms with E-state index in [0.29, 0.717) is 16.6 Å². The molecular weight excluding hydrogens is 569 g/mol. The highest BCUT2D eigenvalue weighted by Gasteiger charge is 2.46. The summed E-state index contributed by atoms with van der Waals surface area (Å²) in [5.41, 5.74) is 1.09. The SMILES string of the molecule is CC(Nc1cc(Cl)nc2c1cnn2C1O[C@H](COP(=O)(O)CP(=O)(O)O)C(CO)[C@H]1O)c1ccccc1F. The van der Waals surface area contributed by atoms with Gasteiger partial charge in [0.25, 0.3) is 0 Å². The van der Waals surface area contributed by atoms with E-state index in [4.69, 9.17) is 30.6 Å². The smallest absolute Gasteiger partial charge is 0.340 e. The van der Waals surface area contributed by atoms with Gasteiger partial charge in [0.2, 0.25) is 0 Å². The predicted octanol–water partition coefficient (Wildman–Crippen LogP) is 2.60. The molecular formula is C21H26ClFN4O9P2. The summed E-state index contributed by atoms with van der Waals surface area (Å²) in [7, 11) is -9.54. The fourth-order valence-corrected chi connectivity index (χ4v) is 7.03. The molecule has 2 aromatic heterocycles. The molecule has 0 aliphatic carbocycles. The molecule has 208 valence electrons. The molecule has 4 rings (SSSR count). The first-order valence-electron chi connectivity index (χ1n) is 11.3. The zero-order valence-electron chi connectivity index (χ0n) is 19.8. The van der Waals surface area contributed by atoms with Crippen molar-refractivity contribution in [1.29, 1.82) is 0 Å². The van der Waals surface area contributed by atoms with E-state index in [1.54, 1.807) is 25.1 Å². The number of nitrogens with zero attached hydrogens (tertiary/aromatic N) is 3. The molecule has 1 aliphatic rings. The van der Waals surface area contributed by atoms with E-state index in [0.717, 1.165) is 0 Å². The van der Waals surface area contributed by atoms with Crippen LogP contribution in [0.2, 0.25) is 5.15 Å². The fraction of sp³-hybridized carbons (Fsp3) is 0.429. The van der Waals surface area contributed by atoms with Crippen molar-refractivity contribution in [2.75, 3.05) is 24.4 Å². The molecule has 0 amide bonds. The number of anilines is 1. The zero-order valence-corrected chi connectivity index (χ0v) is 22.4. The monoisotopic (exact) mass is 594 g/mol. The summed E-state index contributed by atoms with van der Waals surface area (Å²) in [6.07, 6.45) is -2.29. The number of hydrogen-bond acceptors (Lipinski definition) is 9. The molecule has 1 aromatic carbocycles. The van der Waals surface area contributed by atoms with Crippen molar-refractivity contribution >= 4 is 43.5 Å². The van der Waals surface area contributed by atoms with Gasteiger partial charge in [0.05, 0.1) is 42.6 Å². The van der Waals surface area contributed by atoms with E-state index in [2.05, 4.69) is 15.4 Å². The van der Waals surface area contributed by atoms with Gasteiger partial charge in [-0.05, 0) is 19.1 Å². The minimum absolute atomic E-state index is 0.0622. The van der Waals surface area contributed by atoms with Crippen LogP contribution in [0.25, 0.3) is 11.0 Å². The van der Waals surface area contributed by atoms with Gasteiger partial charge >= 0.3 is 15.2 Å². The van der Waals surface area contributed by atoms with E-state index in [1.165, 1.54) is 23.0 Å². The number of rotatable bonds is 10. The van der Waals surface area contributed by atoms with E-state index < -0.39 is 70.5 Å². The van der Waals surface area contributed by atoms with Gasteiger partial charge in [0, 0.05) is 11.5 Å². The van der Waals surface area contributed by atoms with Crippen LogP contribution < -0.4 is 5.32 Å². The molecule has 0 saturated carbocycles. The number of pyridine rings is 1. The number of aliphatic hydroxyl groups is 2. The van der Waals surface area contributed by atoms with Crippen molar-refractivity contribution in [3.05, 3.63) is 53.1 Å². The minimum Gasteiger partial charge on any atom is -0.396 e. The maximum atomic E-state index is 14.3. The molecule has 6 N–H and O–H groups in total. The Bertz CT molecular complexity index is 1410. The number of fused-ring (bicyclic) bond motifs is 1. The van der Waals surface area contributed by atoms with Gasteiger partial charge < -0.3 is 39.5 Å². The molecule has 13 nitrogen and oxygen atoms in total. The Balaban J connectivity index is 1.58. The second kappa shape index (κ2) is 11.3. The molecule has 38 heavy (non-hydrogen) atoms. The van der Waals surface area contributed by atoms with Crippen molar-refractivity contribution < 1.29 is 47.7 Å². The van der Waals surface area contributed by atoms with Crippen LogP contribution in [-0.4, -0.2) is 71.0 Å². The number of benzene rings is 1. The highest BCUT2D eigenvalue weighted by Crippen LogP contribution is 2.55. The van der Waals surface area contributed by atoms with Crippen molar-refractivity contribution in [1.82, 2.24) is 14.8 Å². The van der Waals surface area contributed by atoms with Gasteiger partial charge in [0.15, 0.2) is 17.8 Å². The highest BCUT2D eigenvalue weighted by molar-refractivity contribution is 7.70. The fourth-order valence-electron chi connectivity index (χ4n) is 4.28. The summed E-state index contributed by atoms with van der Waals surface area (Å²) in [4.78, 5) is 31.9. The quantitative estimate of drug-likeness (QED) is 0.148. The summed E-state index contributed by atoms with van der Waals surface area (Å²) in [5.74, 6) is -2.78. The third-order valence-electron chi connectivity index (χ3n) is 6.06. The lowest BCUT2D eigenvalue weighted by Crippen LogP contribution is -2.31. The van der Waals surface area contributed by atoms with Crippen LogP contribution in [0.5, 0.6) is 0 Å². The summed E-state index contributed by atoms with van der Waals surface area (Å²) in [5, 5.41) is 28.6. The standard InChI is InChI=1S/C21H26ClFN4O9P2/c1-11(12-4-2-3-5-15(12)23)25-16-6-18(22)26-20-13(16)7-24-27(20)21-19(29)14(8-28)17(36-21)9-35-38(33,34)10-37(30,31)32/h2-7,11,14,17,19,21,28-29H,8-10H2,1H3,(H,25,26)(H,33,34)(H2,30,31,32)/t11?,14?,17-,19-,21?/m1/s1. The van der Waals surface area contributed by atoms with Crippen LogP contribution >= 0.6 is 26.8 Å². The number of halogens is 2. The first kappa shape index (κ1) is 29.0. The first-order chi connectivity index (χ1) is 17.8. The van der Waals surface area contributed by atoms with Gasteiger partial charge in [-0.15, -0.1) is 0 Å². The number of aromatic nitrogens is 3. The van der Waals surface area contributed by atoms with Crippen LogP contribution in [0.4, 0.5) is 10.1 Å². The minimum atomic E-state index is -4.84. The molecule has 3 aromatic rings. The summed E-state index contributed by atoms with van der Waals surface area (Å²) in [6.45, 7) is 0.517. The normalized spacial score (nSPS) is 24.4. The van der Waals surface area contributed by atoms with E-state index in [9.17, 15) is 28.6 Å². The molecule has 4 unspecified atom stereocenters. The lowest BCUT2D eigenvalue weighted by Gasteiger charge is -2.19. The Hall–Kier alpha value is -1.96. The molecule has 0 spiro atoms. The van der Waals surface area contributed by atoms with Crippen molar-refractivity contribution in [2.45, 2.75) is 31.4 Å². The third kappa shape index (κ3) is 6.43. The van der Waals surface area contributed by atoms with Crippen LogP contribution in [0.3, 0.4) is 0 Å². The second-order valence-electron chi connectivity index (χ2n) is 8.85. The van der Waals surface area contributed by atoms with Crippen LogP contribution in [0.1, 0.15) is 24.8 Å². The Morgan fingerprint density at radius 1 is 1.29 bits per heavy atom. The largest absolute Gasteiger partial charge is 0.396 e. The van der Waals surface area contributed by atoms with Gasteiger partial charge in [-0.3, -0.25) is 9.13 Å². The molecule has 1 aliphatic heterocycles. The molecule has 1 fully saturated rings. The maximum absolute atomic E-state index is 14.3. The molecule has 0 radical (unpaired) electrons. The lowest BCUT2D eigenvalue weighted by molar-refractivity contribution is -0.0533. The maximum Gasteiger partial charge on any atom is 0.340 e. The van der Waals surface area contributed by atoms with Gasteiger partial charge in [-0.1, -0.05) is 29.8 Å². The van der Waals surface area contributed by atoms with Crippen molar-refractivity contribution in [3.63, 3.8) is 0 Å². The summed E-state index contributed by atoms with van der Waals surface area (Å²) in [6, 6.07) is 7.35. The highest BCUT2D eigenvalue weighted by atomic mass is 35.5.